The Morgan fingerprint density at radius 1 is 1.20 bits per heavy atom. The van der Waals surface area contributed by atoms with Crippen LogP contribution >= 0.6 is 11.8 Å². The summed E-state index contributed by atoms with van der Waals surface area (Å²) in [5, 5.41) is 1.99. The second kappa shape index (κ2) is 3.17. The van der Waals surface area contributed by atoms with E-state index in [0.29, 0.717) is 0 Å². The van der Waals surface area contributed by atoms with Crippen LogP contribution in [0.2, 0.25) is 0 Å². The van der Waals surface area contributed by atoms with E-state index in [1.165, 1.54) is 6.42 Å². The zero-order chi connectivity index (χ0) is 7.72. The average Bonchev–Trinajstić information content (AvgIpc) is 2.43. The van der Waals surface area contributed by atoms with Gasteiger partial charge in [0.15, 0.2) is 0 Å². The van der Waals surface area contributed by atoms with Crippen molar-refractivity contribution < 1.29 is 0 Å². The number of hydrogen-bond acceptors (Lipinski definition) is 1. The van der Waals surface area contributed by atoms with Crippen LogP contribution in [0.4, 0.5) is 0 Å². The molecule has 0 N–H and O–H groups in total. The molecule has 0 nitrogen and oxygen atoms in total. The van der Waals surface area contributed by atoms with Crippen molar-refractivity contribution in [1.29, 1.82) is 0 Å². The van der Waals surface area contributed by atoms with Gasteiger partial charge in [0.2, 0.25) is 0 Å². The lowest BCUT2D eigenvalue weighted by Crippen LogP contribution is -2.04. The van der Waals surface area contributed by atoms with Crippen molar-refractivity contribution in [3.63, 3.8) is 0 Å². The van der Waals surface area contributed by atoms with Crippen molar-refractivity contribution in [2.75, 3.05) is 0 Å². The number of hydrogen-bond donors (Lipinski definition) is 0. The van der Waals surface area contributed by atoms with Crippen LogP contribution in [0.25, 0.3) is 0 Å². The van der Waals surface area contributed by atoms with Crippen LogP contribution in [0, 0.1) is 11.8 Å². The van der Waals surface area contributed by atoms with Gasteiger partial charge >= 0.3 is 0 Å². The maximum atomic E-state index is 2.33. The molecule has 1 fully saturated rings. The predicted molar refractivity (Wildman–Crippen MR) is 49.5 cm³/mol. The fraction of sp³-hybridized carbons (Fsp3) is 1.00. The van der Waals surface area contributed by atoms with Gasteiger partial charge in [-0.25, -0.2) is 0 Å². The van der Waals surface area contributed by atoms with Crippen LogP contribution in [0.1, 0.15) is 34.1 Å². The Balaban J connectivity index is 2.13. The number of rotatable bonds is 3. The molecule has 0 spiro atoms. The van der Waals surface area contributed by atoms with Gasteiger partial charge in [0.05, 0.1) is 0 Å². The van der Waals surface area contributed by atoms with Crippen LogP contribution < -0.4 is 0 Å². The van der Waals surface area contributed by atoms with Gasteiger partial charge in [-0.3, -0.25) is 0 Å². The molecule has 2 atom stereocenters. The number of thioether (sulfide) groups is 1. The van der Waals surface area contributed by atoms with Gasteiger partial charge in [-0.1, -0.05) is 27.7 Å². The van der Waals surface area contributed by atoms with Gasteiger partial charge in [-0.15, -0.1) is 0 Å². The van der Waals surface area contributed by atoms with Crippen LogP contribution in [-0.4, -0.2) is 10.5 Å². The summed E-state index contributed by atoms with van der Waals surface area (Å²) in [4.78, 5) is 0. The SMILES string of the molecule is CC(C)C[C@@H]1S[C@@H]1C(C)C. The van der Waals surface area contributed by atoms with Gasteiger partial charge in [0.1, 0.15) is 0 Å². The largest absolute Gasteiger partial charge is 0.153 e. The van der Waals surface area contributed by atoms with Crippen molar-refractivity contribution in [2.45, 2.75) is 44.6 Å². The zero-order valence-electron chi connectivity index (χ0n) is 7.42. The highest BCUT2D eigenvalue weighted by molar-refractivity contribution is 8.07. The second-order valence-corrected chi connectivity index (χ2v) is 5.43. The highest BCUT2D eigenvalue weighted by Gasteiger charge is 2.40. The van der Waals surface area contributed by atoms with E-state index in [9.17, 15) is 0 Å². The van der Waals surface area contributed by atoms with Crippen molar-refractivity contribution in [3.8, 4) is 0 Å². The molecular weight excluding hydrogens is 140 g/mol. The summed E-state index contributed by atoms with van der Waals surface area (Å²) in [5.74, 6) is 1.79. The molecule has 60 valence electrons. The Labute approximate surface area is 68.8 Å². The molecule has 1 heteroatoms. The lowest BCUT2D eigenvalue weighted by molar-refractivity contribution is 0.543. The highest BCUT2D eigenvalue weighted by atomic mass is 32.2. The summed E-state index contributed by atoms with van der Waals surface area (Å²) in [6.45, 7) is 9.29. The molecule has 1 aliphatic rings. The van der Waals surface area contributed by atoms with Gasteiger partial charge < -0.3 is 0 Å². The van der Waals surface area contributed by atoms with Crippen molar-refractivity contribution in [1.82, 2.24) is 0 Å². The lowest BCUT2D eigenvalue weighted by atomic mass is 10.0. The van der Waals surface area contributed by atoms with Crippen molar-refractivity contribution in [2.24, 2.45) is 11.8 Å². The lowest BCUT2D eigenvalue weighted by Gasteiger charge is -2.02. The molecule has 1 aliphatic heterocycles. The summed E-state index contributed by atoms with van der Waals surface area (Å²) in [5.41, 5.74) is 0. The van der Waals surface area contributed by atoms with E-state index in [2.05, 4.69) is 39.5 Å². The van der Waals surface area contributed by atoms with Crippen LogP contribution in [0.15, 0.2) is 0 Å². The first-order valence-corrected chi connectivity index (χ1v) is 5.21. The van der Waals surface area contributed by atoms with Crippen LogP contribution in [0.3, 0.4) is 0 Å². The Bertz CT molecular complexity index is 107. The van der Waals surface area contributed by atoms with E-state index < -0.39 is 0 Å². The Morgan fingerprint density at radius 2 is 1.80 bits per heavy atom. The molecule has 0 saturated carbocycles. The summed E-state index contributed by atoms with van der Waals surface area (Å²) in [7, 11) is 0. The normalized spacial score (nSPS) is 31.8. The Kier molecular flexibility index (Phi) is 2.67. The summed E-state index contributed by atoms with van der Waals surface area (Å²) in [6.07, 6.45) is 1.42. The third-order valence-electron chi connectivity index (χ3n) is 1.98. The molecule has 0 amide bonds. The maximum Gasteiger partial charge on any atom is 0.0192 e. The van der Waals surface area contributed by atoms with E-state index in [4.69, 9.17) is 0 Å². The quantitative estimate of drug-likeness (QED) is 0.568. The average molecular weight is 158 g/mol. The van der Waals surface area contributed by atoms with E-state index in [0.717, 1.165) is 22.3 Å². The molecule has 0 aromatic carbocycles. The monoisotopic (exact) mass is 158 g/mol. The smallest absolute Gasteiger partial charge is 0.0192 e. The first-order valence-electron chi connectivity index (χ1n) is 4.26. The molecule has 0 radical (unpaired) electrons. The Hall–Kier alpha value is 0.350. The summed E-state index contributed by atoms with van der Waals surface area (Å²) < 4.78 is 0. The van der Waals surface area contributed by atoms with Gasteiger partial charge in [-0.05, 0) is 18.3 Å². The fourth-order valence-corrected chi connectivity index (χ4v) is 2.95. The van der Waals surface area contributed by atoms with Gasteiger partial charge in [0.25, 0.3) is 0 Å². The first-order chi connectivity index (χ1) is 4.61. The first kappa shape index (κ1) is 8.45. The molecule has 0 aromatic heterocycles. The van der Waals surface area contributed by atoms with Crippen molar-refractivity contribution in [3.05, 3.63) is 0 Å². The van der Waals surface area contributed by atoms with E-state index in [1.54, 1.807) is 0 Å². The summed E-state index contributed by atoms with van der Waals surface area (Å²) in [6, 6.07) is 0. The molecule has 1 rings (SSSR count). The molecule has 0 bridgehead atoms. The van der Waals surface area contributed by atoms with Gasteiger partial charge in [-0.2, -0.15) is 11.8 Å². The predicted octanol–water partition coefficient (Wildman–Crippen LogP) is 3.17. The highest BCUT2D eigenvalue weighted by Crippen LogP contribution is 2.49. The molecule has 1 saturated heterocycles. The van der Waals surface area contributed by atoms with Crippen LogP contribution in [-0.2, 0) is 0 Å². The maximum absolute atomic E-state index is 2.33. The minimum Gasteiger partial charge on any atom is -0.153 e. The topological polar surface area (TPSA) is 0 Å². The zero-order valence-corrected chi connectivity index (χ0v) is 8.24. The van der Waals surface area contributed by atoms with Crippen molar-refractivity contribution >= 4 is 11.8 Å². The molecule has 1 heterocycles. The Morgan fingerprint density at radius 3 is 2.10 bits per heavy atom. The fourth-order valence-electron chi connectivity index (χ4n) is 1.40. The second-order valence-electron chi connectivity index (χ2n) is 4.01. The van der Waals surface area contributed by atoms with E-state index in [-0.39, 0.29) is 0 Å². The van der Waals surface area contributed by atoms with Crippen LogP contribution in [0.5, 0.6) is 0 Å². The molecule has 10 heavy (non-hydrogen) atoms. The minimum absolute atomic E-state index is 0.890. The molecule has 0 aliphatic carbocycles. The third-order valence-corrected chi connectivity index (χ3v) is 3.69. The van der Waals surface area contributed by atoms with Gasteiger partial charge in [0, 0.05) is 10.5 Å². The standard InChI is InChI=1S/C9H18S/c1-6(2)5-8-9(10-8)7(3)4/h6-9H,5H2,1-4H3/t8-,9+/m0/s1. The molecule has 0 aromatic rings. The van der Waals surface area contributed by atoms with E-state index >= 15 is 0 Å². The minimum atomic E-state index is 0.890. The molecular formula is C9H18S. The molecule has 0 unspecified atom stereocenters. The van der Waals surface area contributed by atoms with E-state index in [1.807, 2.05) is 0 Å². The third kappa shape index (κ3) is 2.19. The summed E-state index contributed by atoms with van der Waals surface area (Å²) >= 11 is 2.17.